The van der Waals surface area contributed by atoms with Crippen molar-refractivity contribution >= 4 is 6.08 Å². The Kier molecular flexibility index (Phi) is 18.2. The van der Waals surface area contributed by atoms with Crippen LogP contribution in [-0.4, -0.2) is 33.1 Å². The third-order valence-corrected chi connectivity index (χ3v) is 7.77. The smallest absolute Gasteiger partial charge is 0.0620 e. The maximum Gasteiger partial charge on any atom is 0.0620 e. The minimum Gasteiger partial charge on any atom is -0.396 e. The van der Waals surface area contributed by atoms with E-state index in [-0.39, 0.29) is 12.0 Å². The van der Waals surface area contributed by atoms with Gasteiger partial charge in [0.25, 0.3) is 0 Å². The van der Waals surface area contributed by atoms with Gasteiger partial charge < -0.3 is 15.3 Å². The SMILES string of the molecule is C1=Cc2ccccc2C1.CC(C)(CO)Cc1ccccc1.CC(C)CCCC(C)(C)O.CCC(C)(O)CCc1ccccc1. The van der Waals surface area contributed by atoms with E-state index in [0.717, 1.165) is 50.9 Å². The Hall–Kier alpha value is -2.72. The molecule has 3 aromatic rings. The third-order valence-electron chi connectivity index (χ3n) is 7.77. The zero-order valence-corrected chi connectivity index (χ0v) is 29.0. The molecule has 0 spiro atoms. The Balaban J connectivity index is 0.000000296. The molecule has 4 rings (SSSR count). The lowest BCUT2D eigenvalue weighted by Gasteiger charge is -2.21. The molecule has 3 N–H and O–H groups in total. The van der Waals surface area contributed by atoms with Crippen molar-refractivity contribution < 1.29 is 15.3 Å². The van der Waals surface area contributed by atoms with Crippen molar-refractivity contribution in [2.45, 2.75) is 118 Å². The van der Waals surface area contributed by atoms with Gasteiger partial charge in [-0.1, -0.05) is 145 Å². The molecule has 0 radical (unpaired) electrons. The second kappa shape index (κ2) is 20.3. The van der Waals surface area contributed by atoms with Crippen molar-refractivity contribution in [2.24, 2.45) is 11.3 Å². The molecule has 0 aliphatic heterocycles. The van der Waals surface area contributed by atoms with Crippen LogP contribution in [0.4, 0.5) is 0 Å². The van der Waals surface area contributed by atoms with Crippen LogP contribution in [-0.2, 0) is 19.3 Å². The van der Waals surface area contributed by atoms with Crippen LogP contribution >= 0.6 is 0 Å². The van der Waals surface area contributed by atoms with Crippen LogP contribution in [0.3, 0.4) is 0 Å². The Bertz CT molecular complexity index is 1160. The average molecular weight is 603 g/mol. The largest absolute Gasteiger partial charge is 0.396 e. The van der Waals surface area contributed by atoms with Crippen LogP contribution in [0.25, 0.3) is 6.08 Å². The number of aryl methyl sites for hydroxylation is 1. The summed E-state index contributed by atoms with van der Waals surface area (Å²) in [7, 11) is 0. The van der Waals surface area contributed by atoms with Crippen molar-refractivity contribution in [2.75, 3.05) is 6.61 Å². The molecular weight excluding hydrogens is 540 g/mol. The fourth-order valence-corrected chi connectivity index (χ4v) is 4.58. The molecule has 1 aliphatic rings. The van der Waals surface area contributed by atoms with Gasteiger partial charge in [0.1, 0.15) is 0 Å². The van der Waals surface area contributed by atoms with Crippen molar-refractivity contribution in [3.05, 3.63) is 113 Å². The number of hydrogen-bond donors (Lipinski definition) is 3. The van der Waals surface area contributed by atoms with E-state index in [0.29, 0.717) is 0 Å². The van der Waals surface area contributed by atoms with Gasteiger partial charge in [-0.15, -0.1) is 0 Å². The van der Waals surface area contributed by atoms with Gasteiger partial charge in [-0.05, 0) is 92.9 Å². The van der Waals surface area contributed by atoms with E-state index < -0.39 is 11.2 Å². The topological polar surface area (TPSA) is 60.7 Å². The number of aliphatic hydroxyl groups is 3. The molecule has 0 bridgehead atoms. The molecule has 3 heteroatoms. The predicted octanol–water partition coefficient (Wildman–Crippen LogP) is 9.87. The normalized spacial score (nSPS) is 13.4. The van der Waals surface area contributed by atoms with Crippen LogP contribution in [0, 0.1) is 11.3 Å². The molecule has 3 aromatic carbocycles. The molecule has 0 saturated carbocycles. The fraction of sp³-hybridized carbons (Fsp3) is 0.512. The molecule has 0 fully saturated rings. The first kappa shape index (κ1) is 39.3. The highest BCUT2D eigenvalue weighted by atomic mass is 16.3. The van der Waals surface area contributed by atoms with Crippen LogP contribution in [0.5, 0.6) is 0 Å². The van der Waals surface area contributed by atoms with Gasteiger partial charge in [-0.2, -0.15) is 0 Å². The van der Waals surface area contributed by atoms with E-state index in [1.165, 1.54) is 28.7 Å². The minimum atomic E-state index is -0.504. The Morgan fingerprint density at radius 3 is 1.77 bits per heavy atom. The summed E-state index contributed by atoms with van der Waals surface area (Å²) in [5.41, 5.74) is 4.47. The number of allylic oxidation sites excluding steroid dienone is 1. The molecule has 1 atom stereocenters. The second-order valence-electron chi connectivity index (χ2n) is 14.2. The van der Waals surface area contributed by atoms with Crippen LogP contribution in [0.15, 0.2) is 91.0 Å². The van der Waals surface area contributed by atoms with Gasteiger partial charge in [0.05, 0.1) is 11.2 Å². The van der Waals surface area contributed by atoms with Crippen molar-refractivity contribution in [1.29, 1.82) is 0 Å². The molecule has 244 valence electrons. The first-order valence-electron chi connectivity index (χ1n) is 16.5. The number of aliphatic hydroxyl groups excluding tert-OH is 1. The average Bonchev–Trinajstić information content (AvgIpc) is 3.46. The third kappa shape index (κ3) is 19.5. The molecule has 1 unspecified atom stereocenters. The quantitative estimate of drug-likeness (QED) is 0.205. The molecule has 0 aromatic heterocycles. The number of fused-ring (bicyclic) bond motifs is 1. The minimum absolute atomic E-state index is 0.00134. The van der Waals surface area contributed by atoms with E-state index in [2.05, 4.69) is 88.4 Å². The monoisotopic (exact) mass is 602 g/mol. The summed E-state index contributed by atoms with van der Waals surface area (Å²) in [6.45, 7) is 16.5. The van der Waals surface area contributed by atoms with Gasteiger partial charge in [0.2, 0.25) is 0 Å². The lowest BCUT2D eigenvalue weighted by Crippen LogP contribution is -2.23. The van der Waals surface area contributed by atoms with Crippen LogP contribution in [0.2, 0.25) is 0 Å². The lowest BCUT2D eigenvalue weighted by molar-refractivity contribution is 0.0473. The zero-order chi connectivity index (χ0) is 33.1. The molecule has 0 amide bonds. The van der Waals surface area contributed by atoms with E-state index >= 15 is 0 Å². The number of benzene rings is 3. The second-order valence-corrected chi connectivity index (χ2v) is 14.2. The van der Waals surface area contributed by atoms with Gasteiger partial charge in [0, 0.05) is 6.61 Å². The fourth-order valence-electron chi connectivity index (χ4n) is 4.58. The first-order chi connectivity index (χ1) is 20.7. The summed E-state index contributed by atoms with van der Waals surface area (Å²) in [5.74, 6) is 0.766. The highest BCUT2D eigenvalue weighted by Crippen LogP contribution is 2.21. The van der Waals surface area contributed by atoms with Crippen LogP contribution in [0.1, 0.15) is 110 Å². The van der Waals surface area contributed by atoms with Crippen molar-refractivity contribution in [3.8, 4) is 0 Å². The summed E-state index contributed by atoms with van der Waals surface area (Å²) in [4.78, 5) is 0. The summed E-state index contributed by atoms with van der Waals surface area (Å²) in [6.07, 6.45) is 12.3. The Morgan fingerprint density at radius 2 is 1.27 bits per heavy atom. The number of hydrogen-bond acceptors (Lipinski definition) is 3. The van der Waals surface area contributed by atoms with Gasteiger partial charge >= 0.3 is 0 Å². The summed E-state index contributed by atoms with van der Waals surface area (Å²) < 4.78 is 0. The summed E-state index contributed by atoms with van der Waals surface area (Å²) in [6, 6.07) is 29.1. The molecule has 0 saturated heterocycles. The summed E-state index contributed by atoms with van der Waals surface area (Å²) in [5, 5.41) is 28.2. The van der Waals surface area contributed by atoms with Crippen molar-refractivity contribution in [3.63, 3.8) is 0 Å². The lowest BCUT2D eigenvalue weighted by atomic mass is 9.87. The van der Waals surface area contributed by atoms with Crippen LogP contribution < -0.4 is 0 Å². The van der Waals surface area contributed by atoms with Gasteiger partial charge in [-0.3, -0.25) is 0 Å². The maximum absolute atomic E-state index is 9.78. The standard InChI is InChI=1S/C12H18O.C11H16O.C9H20O.C9H8/c1-3-12(2,13)10-9-11-7-5-4-6-8-11;1-11(2,9-12)8-10-6-4-3-5-7-10;1-8(2)6-5-7-9(3,4)10;1-2-5-9-7-3-6-8(9)4-1/h4-8,13H,3,9-10H2,1-2H3;3-7,12H,8-9H2,1-2H3;8,10H,5-7H2,1-4H3;1-6H,7H2. The molecule has 0 heterocycles. The van der Waals surface area contributed by atoms with E-state index in [1.54, 1.807) is 0 Å². The molecular formula is C41H62O3. The highest BCUT2D eigenvalue weighted by molar-refractivity contribution is 5.59. The molecule has 1 aliphatic carbocycles. The molecule has 3 nitrogen and oxygen atoms in total. The predicted molar refractivity (Wildman–Crippen MR) is 191 cm³/mol. The van der Waals surface area contributed by atoms with E-state index in [9.17, 15) is 10.2 Å². The Morgan fingerprint density at radius 1 is 0.727 bits per heavy atom. The van der Waals surface area contributed by atoms with E-state index in [1.807, 2.05) is 64.1 Å². The Labute approximate surface area is 270 Å². The zero-order valence-electron chi connectivity index (χ0n) is 29.0. The van der Waals surface area contributed by atoms with Gasteiger partial charge in [0.15, 0.2) is 0 Å². The number of rotatable bonds is 11. The highest BCUT2D eigenvalue weighted by Gasteiger charge is 2.17. The van der Waals surface area contributed by atoms with Gasteiger partial charge in [-0.25, -0.2) is 0 Å². The molecule has 44 heavy (non-hydrogen) atoms. The van der Waals surface area contributed by atoms with E-state index in [4.69, 9.17) is 5.11 Å². The maximum atomic E-state index is 9.78. The summed E-state index contributed by atoms with van der Waals surface area (Å²) >= 11 is 0. The first-order valence-corrected chi connectivity index (χ1v) is 16.5. The van der Waals surface area contributed by atoms with Crippen molar-refractivity contribution in [1.82, 2.24) is 0 Å².